The summed E-state index contributed by atoms with van der Waals surface area (Å²) in [6.45, 7) is 0.804. The van der Waals surface area contributed by atoms with Gasteiger partial charge in [0.1, 0.15) is 12.7 Å². The average Bonchev–Trinajstić information content (AvgIpc) is 2.59. The third-order valence-electron chi connectivity index (χ3n) is 2.73. The predicted molar refractivity (Wildman–Crippen MR) is 86.6 cm³/mol. The lowest BCUT2D eigenvalue weighted by Crippen LogP contribution is -2.18. The molecule has 0 aliphatic carbocycles. The van der Waals surface area contributed by atoms with E-state index < -0.39 is 5.97 Å². The van der Waals surface area contributed by atoms with Gasteiger partial charge in [0.25, 0.3) is 0 Å². The molecule has 1 aromatic heterocycles. The van der Waals surface area contributed by atoms with Crippen molar-refractivity contribution in [3.63, 3.8) is 0 Å². The number of thioether (sulfide) groups is 1. The lowest BCUT2D eigenvalue weighted by atomic mass is 10.2. The maximum absolute atomic E-state index is 11.9. The van der Waals surface area contributed by atoms with E-state index in [-0.39, 0.29) is 18.8 Å². The molecule has 0 radical (unpaired) electrons. The molecule has 8 heteroatoms. The van der Waals surface area contributed by atoms with Crippen molar-refractivity contribution in [1.29, 1.82) is 5.26 Å². The Bertz CT molecular complexity index is 581. The first-order valence-electron chi connectivity index (χ1n) is 6.73. The van der Waals surface area contributed by atoms with Gasteiger partial charge in [0.2, 0.25) is 5.88 Å². The Morgan fingerprint density at radius 1 is 1.39 bits per heavy atom. The van der Waals surface area contributed by atoms with Gasteiger partial charge in [-0.3, -0.25) is 0 Å². The summed E-state index contributed by atoms with van der Waals surface area (Å²) in [7, 11) is 3.05. The fourth-order valence-corrected chi connectivity index (χ4v) is 2.11. The van der Waals surface area contributed by atoms with Gasteiger partial charge in [-0.1, -0.05) is 6.07 Å². The van der Waals surface area contributed by atoms with Crippen molar-refractivity contribution in [2.45, 2.75) is 6.54 Å². The van der Waals surface area contributed by atoms with E-state index in [4.69, 9.17) is 14.2 Å². The van der Waals surface area contributed by atoms with E-state index in [1.54, 1.807) is 25.6 Å². The number of esters is 1. The number of methoxy groups -OCH3 is 2. The molecule has 124 valence electrons. The first kappa shape index (κ1) is 18.8. The Balaban J connectivity index is 2.74. The topological polar surface area (TPSA) is 93.5 Å². The van der Waals surface area contributed by atoms with Crippen molar-refractivity contribution in [3.8, 4) is 11.9 Å². The van der Waals surface area contributed by atoms with Crippen molar-refractivity contribution < 1.29 is 19.0 Å². The fourth-order valence-electron chi connectivity index (χ4n) is 1.56. The Hall–Kier alpha value is -2.24. The maximum Gasteiger partial charge on any atom is 0.351 e. The standard InChI is InChI=1S/C15H19N3O4S/c1-20-6-7-22-15(19)12(8-16)14(23-3)18-10-11-4-5-13(21-2)17-9-11/h4-5,9,18H,6-7,10H2,1-3H3/b14-12+. The van der Waals surface area contributed by atoms with Crippen LogP contribution in [0.3, 0.4) is 0 Å². The first-order valence-corrected chi connectivity index (χ1v) is 7.96. The van der Waals surface area contributed by atoms with E-state index in [1.165, 1.54) is 18.9 Å². The fraction of sp³-hybridized carbons (Fsp3) is 0.400. The summed E-state index contributed by atoms with van der Waals surface area (Å²) < 4.78 is 14.8. The highest BCUT2D eigenvalue weighted by molar-refractivity contribution is 8.02. The number of carbonyl (C=O) groups is 1. The molecule has 7 nitrogen and oxygen atoms in total. The van der Waals surface area contributed by atoms with Crippen molar-refractivity contribution >= 4 is 17.7 Å². The van der Waals surface area contributed by atoms with Crippen LogP contribution in [0.15, 0.2) is 28.9 Å². The van der Waals surface area contributed by atoms with E-state index >= 15 is 0 Å². The molecular formula is C15H19N3O4S. The lowest BCUT2D eigenvalue weighted by Gasteiger charge is -2.11. The molecule has 23 heavy (non-hydrogen) atoms. The molecule has 1 rings (SSSR count). The predicted octanol–water partition coefficient (Wildman–Crippen LogP) is 1.47. The van der Waals surface area contributed by atoms with E-state index in [1.807, 2.05) is 12.1 Å². The molecule has 0 aromatic carbocycles. The van der Waals surface area contributed by atoms with Crippen LogP contribution in [-0.4, -0.2) is 44.6 Å². The molecule has 0 unspecified atom stereocenters. The zero-order valence-electron chi connectivity index (χ0n) is 13.3. The lowest BCUT2D eigenvalue weighted by molar-refractivity contribution is -0.139. The van der Waals surface area contributed by atoms with Gasteiger partial charge in [-0.05, 0) is 11.8 Å². The quantitative estimate of drug-likeness (QED) is 0.313. The second-order valence-corrected chi connectivity index (χ2v) is 5.03. The summed E-state index contributed by atoms with van der Waals surface area (Å²) in [5.74, 6) is -0.150. The molecule has 0 fully saturated rings. The molecular weight excluding hydrogens is 318 g/mol. The highest BCUT2D eigenvalue weighted by atomic mass is 32.2. The molecule has 0 atom stereocenters. The van der Waals surface area contributed by atoms with Gasteiger partial charge < -0.3 is 19.5 Å². The third-order valence-corrected chi connectivity index (χ3v) is 3.48. The second kappa shape index (κ2) is 10.5. The van der Waals surface area contributed by atoms with Gasteiger partial charge in [-0.2, -0.15) is 5.26 Å². The number of rotatable bonds is 9. The Kier molecular flexibility index (Phi) is 8.57. The number of hydrogen-bond acceptors (Lipinski definition) is 8. The molecule has 1 aromatic rings. The van der Waals surface area contributed by atoms with E-state index in [9.17, 15) is 10.1 Å². The average molecular weight is 337 g/mol. The zero-order valence-corrected chi connectivity index (χ0v) is 14.1. The molecule has 0 aliphatic rings. The number of nitriles is 1. The van der Waals surface area contributed by atoms with Crippen molar-refractivity contribution in [1.82, 2.24) is 10.3 Å². The summed E-state index contributed by atoms with van der Waals surface area (Å²) in [5, 5.41) is 12.7. The van der Waals surface area contributed by atoms with Crippen LogP contribution in [0.5, 0.6) is 5.88 Å². The van der Waals surface area contributed by atoms with Gasteiger partial charge >= 0.3 is 5.97 Å². The summed E-state index contributed by atoms with van der Waals surface area (Å²) in [5.41, 5.74) is 0.831. The molecule has 0 saturated heterocycles. The van der Waals surface area contributed by atoms with E-state index in [0.29, 0.717) is 17.5 Å². The zero-order chi connectivity index (χ0) is 17.1. The summed E-state index contributed by atoms with van der Waals surface area (Å²) in [6, 6.07) is 5.47. The number of pyridine rings is 1. The smallest absolute Gasteiger partial charge is 0.351 e. The second-order valence-electron chi connectivity index (χ2n) is 4.21. The number of nitrogens with zero attached hydrogens (tertiary/aromatic N) is 2. The maximum atomic E-state index is 11.9. The molecule has 0 saturated carbocycles. The van der Waals surface area contributed by atoms with Gasteiger partial charge in [0.05, 0.1) is 18.7 Å². The van der Waals surface area contributed by atoms with Gasteiger partial charge in [-0.15, -0.1) is 11.8 Å². The van der Waals surface area contributed by atoms with Crippen LogP contribution in [0, 0.1) is 11.3 Å². The van der Waals surface area contributed by atoms with Crippen LogP contribution >= 0.6 is 11.8 Å². The molecule has 1 heterocycles. The number of hydrogen-bond donors (Lipinski definition) is 1. The first-order chi connectivity index (χ1) is 11.2. The van der Waals surface area contributed by atoms with Crippen molar-refractivity contribution in [3.05, 3.63) is 34.5 Å². The number of nitrogens with one attached hydrogen (secondary N) is 1. The largest absolute Gasteiger partial charge is 0.481 e. The Morgan fingerprint density at radius 3 is 2.70 bits per heavy atom. The van der Waals surface area contributed by atoms with Gasteiger partial charge in [0.15, 0.2) is 5.57 Å². The highest BCUT2D eigenvalue weighted by Gasteiger charge is 2.16. The molecule has 0 aliphatic heterocycles. The molecule has 0 bridgehead atoms. The van der Waals surface area contributed by atoms with Crippen molar-refractivity contribution in [2.24, 2.45) is 0 Å². The number of carbonyl (C=O) groups excluding carboxylic acids is 1. The summed E-state index contributed by atoms with van der Waals surface area (Å²) in [6.07, 6.45) is 3.43. The monoisotopic (exact) mass is 337 g/mol. The Labute approximate surface area is 139 Å². The molecule has 1 N–H and O–H groups in total. The molecule has 0 amide bonds. The van der Waals surface area contributed by atoms with Crippen LogP contribution in [0.4, 0.5) is 0 Å². The van der Waals surface area contributed by atoms with Crippen molar-refractivity contribution in [2.75, 3.05) is 33.7 Å². The minimum atomic E-state index is -0.672. The third kappa shape index (κ3) is 6.18. The minimum absolute atomic E-state index is 0.0601. The Morgan fingerprint density at radius 2 is 2.17 bits per heavy atom. The van der Waals surface area contributed by atoms with E-state index in [0.717, 1.165) is 5.56 Å². The normalized spacial score (nSPS) is 11.2. The summed E-state index contributed by atoms with van der Waals surface area (Å²) >= 11 is 1.27. The SMILES string of the molecule is COCCOC(=O)/C(C#N)=C(\NCc1ccc(OC)nc1)SC. The van der Waals surface area contributed by atoms with Crippen LogP contribution in [0.2, 0.25) is 0 Å². The minimum Gasteiger partial charge on any atom is -0.481 e. The van der Waals surface area contributed by atoms with Gasteiger partial charge in [0, 0.05) is 25.9 Å². The number of ether oxygens (including phenoxy) is 3. The van der Waals surface area contributed by atoms with E-state index in [2.05, 4.69) is 10.3 Å². The van der Waals surface area contributed by atoms with Crippen LogP contribution < -0.4 is 10.1 Å². The molecule has 0 spiro atoms. The van der Waals surface area contributed by atoms with Gasteiger partial charge in [-0.25, -0.2) is 9.78 Å². The summed E-state index contributed by atoms with van der Waals surface area (Å²) in [4.78, 5) is 16.0. The van der Waals surface area contributed by atoms with Crippen LogP contribution in [-0.2, 0) is 20.8 Å². The van der Waals surface area contributed by atoms with Crippen LogP contribution in [0.1, 0.15) is 5.56 Å². The highest BCUT2D eigenvalue weighted by Crippen LogP contribution is 2.16. The number of aromatic nitrogens is 1. The van der Waals surface area contributed by atoms with Crippen LogP contribution in [0.25, 0.3) is 0 Å².